The molecule has 0 N–H and O–H groups in total. The molecule has 1 unspecified atom stereocenters. The van der Waals surface area contributed by atoms with Gasteiger partial charge in [0.2, 0.25) is 0 Å². The fourth-order valence-electron chi connectivity index (χ4n) is 2.33. The SMILES string of the molecule is CC(C)COc1cccc(C(=O)N(C)C(C)c2ccc(F)cc2)c1. The third kappa shape index (κ3) is 4.57. The van der Waals surface area contributed by atoms with E-state index < -0.39 is 0 Å². The van der Waals surface area contributed by atoms with Crippen LogP contribution in [0.3, 0.4) is 0 Å². The second-order valence-corrected chi connectivity index (χ2v) is 6.38. The minimum Gasteiger partial charge on any atom is -0.493 e. The lowest BCUT2D eigenvalue weighted by atomic mass is 10.1. The van der Waals surface area contributed by atoms with Crippen LogP contribution in [0.2, 0.25) is 0 Å². The van der Waals surface area contributed by atoms with E-state index in [9.17, 15) is 9.18 Å². The predicted molar refractivity (Wildman–Crippen MR) is 93.7 cm³/mol. The Bertz CT molecular complexity index is 682. The molecular weight excluding hydrogens is 305 g/mol. The highest BCUT2D eigenvalue weighted by Gasteiger charge is 2.19. The molecule has 0 heterocycles. The molecule has 2 aromatic rings. The van der Waals surface area contributed by atoms with E-state index in [4.69, 9.17) is 4.74 Å². The molecule has 0 radical (unpaired) electrons. The average Bonchev–Trinajstić information content (AvgIpc) is 2.59. The second-order valence-electron chi connectivity index (χ2n) is 6.38. The number of carbonyl (C=O) groups excluding carboxylic acids is 1. The summed E-state index contributed by atoms with van der Waals surface area (Å²) in [7, 11) is 1.75. The lowest BCUT2D eigenvalue weighted by Gasteiger charge is -2.25. The van der Waals surface area contributed by atoms with Gasteiger partial charge in [0.1, 0.15) is 11.6 Å². The Morgan fingerprint density at radius 2 is 1.79 bits per heavy atom. The first kappa shape index (κ1) is 18.0. The van der Waals surface area contributed by atoms with Crippen LogP contribution in [0.15, 0.2) is 48.5 Å². The molecule has 1 atom stereocenters. The Kier molecular flexibility index (Phi) is 5.96. The molecule has 0 bridgehead atoms. The fourth-order valence-corrected chi connectivity index (χ4v) is 2.33. The monoisotopic (exact) mass is 329 g/mol. The average molecular weight is 329 g/mol. The Morgan fingerprint density at radius 3 is 2.42 bits per heavy atom. The highest BCUT2D eigenvalue weighted by Crippen LogP contribution is 2.22. The zero-order valence-electron chi connectivity index (χ0n) is 14.6. The largest absolute Gasteiger partial charge is 0.493 e. The van der Waals surface area contributed by atoms with E-state index in [1.165, 1.54) is 12.1 Å². The Labute approximate surface area is 143 Å². The standard InChI is InChI=1S/C20H24FNO2/c1-14(2)13-24-19-7-5-6-17(12-19)20(23)22(4)15(3)16-8-10-18(21)11-9-16/h5-12,14-15H,13H2,1-4H3. The molecule has 0 spiro atoms. The zero-order valence-corrected chi connectivity index (χ0v) is 14.6. The van der Waals surface area contributed by atoms with Crippen molar-refractivity contribution in [3.05, 3.63) is 65.5 Å². The number of nitrogens with zero attached hydrogens (tertiary/aromatic N) is 1. The van der Waals surface area contributed by atoms with Crippen molar-refractivity contribution >= 4 is 5.91 Å². The van der Waals surface area contributed by atoms with Gasteiger partial charge in [-0.1, -0.05) is 32.0 Å². The number of carbonyl (C=O) groups is 1. The van der Waals surface area contributed by atoms with Crippen molar-refractivity contribution in [1.29, 1.82) is 0 Å². The van der Waals surface area contributed by atoms with Gasteiger partial charge >= 0.3 is 0 Å². The Morgan fingerprint density at radius 1 is 1.12 bits per heavy atom. The van der Waals surface area contributed by atoms with Gasteiger partial charge < -0.3 is 9.64 Å². The summed E-state index contributed by atoms with van der Waals surface area (Å²) in [6.45, 7) is 6.68. The van der Waals surface area contributed by atoms with E-state index in [-0.39, 0.29) is 17.8 Å². The van der Waals surface area contributed by atoms with Crippen LogP contribution in [0.5, 0.6) is 5.75 Å². The summed E-state index contributed by atoms with van der Waals surface area (Å²) < 4.78 is 18.7. The quantitative estimate of drug-likeness (QED) is 0.769. The van der Waals surface area contributed by atoms with Gasteiger partial charge in [-0.15, -0.1) is 0 Å². The summed E-state index contributed by atoms with van der Waals surface area (Å²) in [4.78, 5) is 14.4. The molecule has 0 aromatic heterocycles. The van der Waals surface area contributed by atoms with E-state index in [1.807, 2.05) is 19.1 Å². The molecule has 0 aliphatic heterocycles. The normalized spacial score (nSPS) is 12.1. The summed E-state index contributed by atoms with van der Waals surface area (Å²) in [6, 6.07) is 13.3. The van der Waals surface area contributed by atoms with Gasteiger partial charge in [0.25, 0.3) is 5.91 Å². The van der Waals surface area contributed by atoms with Crippen molar-refractivity contribution < 1.29 is 13.9 Å². The highest BCUT2D eigenvalue weighted by atomic mass is 19.1. The molecular formula is C20H24FNO2. The summed E-state index contributed by atoms with van der Waals surface area (Å²) in [6.07, 6.45) is 0. The van der Waals surface area contributed by atoms with Crippen molar-refractivity contribution in [2.24, 2.45) is 5.92 Å². The number of benzene rings is 2. The van der Waals surface area contributed by atoms with Crippen LogP contribution in [-0.2, 0) is 0 Å². The summed E-state index contributed by atoms with van der Waals surface area (Å²) >= 11 is 0. The Hall–Kier alpha value is -2.36. The van der Waals surface area contributed by atoms with Crippen molar-refractivity contribution in [3.63, 3.8) is 0 Å². The maximum Gasteiger partial charge on any atom is 0.254 e. The molecule has 4 heteroatoms. The minimum absolute atomic E-state index is 0.0955. The molecule has 1 amide bonds. The number of rotatable bonds is 6. The van der Waals surface area contributed by atoms with Crippen LogP contribution in [0.25, 0.3) is 0 Å². The maximum absolute atomic E-state index is 13.1. The maximum atomic E-state index is 13.1. The van der Waals surface area contributed by atoms with Crippen molar-refractivity contribution in [2.45, 2.75) is 26.8 Å². The van der Waals surface area contributed by atoms with E-state index >= 15 is 0 Å². The van der Waals surface area contributed by atoms with Gasteiger partial charge in [-0.2, -0.15) is 0 Å². The number of amides is 1. The van der Waals surface area contributed by atoms with Crippen LogP contribution in [0.1, 0.15) is 42.7 Å². The van der Waals surface area contributed by atoms with Gasteiger partial charge in [0.15, 0.2) is 0 Å². The van der Waals surface area contributed by atoms with Crippen molar-refractivity contribution in [3.8, 4) is 5.75 Å². The van der Waals surface area contributed by atoms with E-state index in [2.05, 4.69) is 13.8 Å². The first-order valence-electron chi connectivity index (χ1n) is 8.14. The fraction of sp³-hybridized carbons (Fsp3) is 0.350. The first-order chi connectivity index (χ1) is 11.4. The summed E-state index contributed by atoms with van der Waals surface area (Å²) in [5, 5.41) is 0. The minimum atomic E-state index is -0.282. The van der Waals surface area contributed by atoms with E-state index in [0.717, 1.165) is 5.56 Å². The van der Waals surface area contributed by atoms with E-state index in [1.54, 1.807) is 36.2 Å². The molecule has 0 aliphatic carbocycles. The molecule has 2 rings (SSSR count). The van der Waals surface area contributed by atoms with Gasteiger partial charge in [-0.25, -0.2) is 4.39 Å². The van der Waals surface area contributed by atoms with Crippen LogP contribution in [-0.4, -0.2) is 24.5 Å². The molecule has 0 saturated heterocycles. The smallest absolute Gasteiger partial charge is 0.254 e. The van der Waals surface area contributed by atoms with Crippen LogP contribution in [0, 0.1) is 11.7 Å². The third-order valence-corrected chi connectivity index (χ3v) is 3.92. The predicted octanol–water partition coefficient (Wildman–Crippen LogP) is 4.69. The number of halogens is 1. The molecule has 24 heavy (non-hydrogen) atoms. The van der Waals surface area contributed by atoms with Crippen LogP contribution in [0.4, 0.5) is 4.39 Å². The van der Waals surface area contributed by atoms with Crippen molar-refractivity contribution in [2.75, 3.05) is 13.7 Å². The second kappa shape index (κ2) is 7.95. The van der Waals surface area contributed by atoms with E-state index in [0.29, 0.717) is 23.8 Å². The molecule has 2 aromatic carbocycles. The highest BCUT2D eigenvalue weighted by molar-refractivity contribution is 5.94. The van der Waals surface area contributed by atoms with Crippen molar-refractivity contribution in [1.82, 2.24) is 4.90 Å². The van der Waals surface area contributed by atoms with Gasteiger partial charge in [0.05, 0.1) is 12.6 Å². The number of ether oxygens (including phenoxy) is 1. The summed E-state index contributed by atoms with van der Waals surface area (Å²) in [5.41, 5.74) is 1.46. The van der Waals surface area contributed by atoms with Gasteiger partial charge in [0, 0.05) is 12.6 Å². The molecule has 128 valence electrons. The third-order valence-electron chi connectivity index (χ3n) is 3.92. The topological polar surface area (TPSA) is 29.5 Å². The first-order valence-corrected chi connectivity index (χ1v) is 8.14. The molecule has 0 fully saturated rings. The van der Waals surface area contributed by atoms with Crippen LogP contribution >= 0.6 is 0 Å². The molecule has 0 saturated carbocycles. The summed E-state index contributed by atoms with van der Waals surface area (Å²) in [5.74, 6) is 0.736. The number of hydrogen-bond acceptors (Lipinski definition) is 2. The zero-order chi connectivity index (χ0) is 17.7. The van der Waals surface area contributed by atoms with Crippen LogP contribution < -0.4 is 4.74 Å². The van der Waals surface area contributed by atoms with Gasteiger partial charge in [-0.3, -0.25) is 4.79 Å². The Balaban J connectivity index is 2.12. The number of hydrogen-bond donors (Lipinski definition) is 0. The lowest BCUT2D eigenvalue weighted by molar-refractivity contribution is 0.0742. The molecule has 3 nitrogen and oxygen atoms in total. The lowest BCUT2D eigenvalue weighted by Crippen LogP contribution is -2.29. The van der Waals surface area contributed by atoms with Gasteiger partial charge in [-0.05, 0) is 48.7 Å². The molecule has 0 aliphatic rings.